The van der Waals surface area contributed by atoms with Crippen molar-refractivity contribution in [1.82, 2.24) is 5.32 Å². The topological polar surface area (TPSA) is 25.2 Å². The van der Waals surface area contributed by atoms with E-state index in [4.69, 9.17) is 4.42 Å². The number of hydrogen-bond donors (Lipinski definition) is 1. The van der Waals surface area contributed by atoms with E-state index < -0.39 is 0 Å². The third-order valence-electron chi connectivity index (χ3n) is 3.16. The van der Waals surface area contributed by atoms with Crippen molar-refractivity contribution < 1.29 is 4.42 Å². The van der Waals surface area contributed by atoms with E-state index in [9.17, 15) is 0 Å². The van der Waals surface area contributed by atoms with Gasteiger partial charge in [0.25, 0.3) is 0 Å². The van der Waals surface area contributed by atoms with Crippen molar-refractivity contribution in [3.05, 3.63) is 59.5 Å². The van der Waals surface area contributed by atoms with Crippen LogP contribution in [0.1, 0.15) is 16.9 Å². The average Bonchev–Trinajstić information content (AvgIpc) is 2.84. The summed E-state index contributed by atoms with van der Waals surface area (Å²) in [5.74, 6) is 1.04. The Bertz CT molecular complexity index is 448. The Kier molecular flexibility index (Phi) is 3.99. The molecule has 0 saturated heterocycles. The van der Waals surface area contributed by atoms with Crippen molar-refractivity contribution in [3.63, 3.8) is 0 Å². The van der Waals surface area contributed by atoms with E-state index in [2.05, 4.69) is 36.5 Å². The summed E-state index contributed by atoms with van der Waals surface area (Å²) in [7, 11) is 2.01. The van der Waals surface area contributed by atoms with Crippen LogP contribution in [0.2, 0.25) is 0 Å². The van der Waals surface area contributed by atoms with Crippen molar-refractivity contribution in [2.75, 3.05) is 7.05 Å². The van der Waals surface area contributed by atoms with Gasteiger partial charge in [-0.2, -0.15) is 0 Å². The van der Waals surface area contributed by atoms with E-state index in [1.165, 1.54) is 11.1 Å². The lowest BCUT2D eigenvalue weighted by Crippen LogP contribution is -2.30. The van der Waals surface area contributed by atoms with Gasteiger partial charge in [0.05, 0.1) is 6.26 Å². The summed E-state index contributed by atoms with van der Waals surface area (Å²) in [6.45, 7) is 2.16. The zero-order valence-electron chi connectivity index (χ0n) is 10.4. The Morgan fingerprint density at radius 1 is 1.12 bits per heavy atom. The van der Waals surface area contributed by atoms with Crippen LogP contribution in [0.4, 0.5) is 0 Å². The smallest absolute Gasteiger partial charge is 0.105 e. The molecule has 2 heteroatoms. The van der Waals surface area contributed by atoms with E-state index in [-0.39, 0.29) is 0 Å². The zero-order valence-corrected chi connectivity index (χ0v) is 10.4. The molecule has 0 fully saturated rings. The molecular formula is C15H19NO. The van der Waals surface area contributed by atoms with Crippen molar-refractivity contribution in [2.24, 2.45) is 0 Å². The zero-order chi connectivity index (χ0) is 12.1. The monoisotopic (exact) mass is 229 g/mol. The Balaban J connectivity index is 2.03. The van der Waals surface area contributed by atoms with Crippen molar-refractivity contribution in [3.8, 4) is 0 Å². The van der Waals surface area contributed by atoms with Crippen LogP contribution < -0.4 is 5.32 Å². The van der Waals surface area contributed by atoms with Crippen LogP contribution in [0.25, 0.3) is 0 Å². The first-order valence-electron chi connectivity index (χ1n) is 6.03. The van der Waals surface area contributed by atoms with Gasteiger partial charge in [0.15, 0.2) is 0 Å². The predicted octanol–water partition coefficient (Wildman–Crippen LogP) is 2.96. The highest BCUT2D eigenvalue weighted by atomic mass is 16.3. The van der Waals surface area contributed by atoms with Gasteiger partial charge in [-0.15, -0.1) is 0 Å². The van der Waals surface area contributed by atoms with E-state index in [0.717, 1.165) is 18.6 Å². The molecule has 0 aliphatic heterocycles. The molecule has 1 aromatic heterocycles. The molecule has 90 valence electrons. The summed E-state index contributed by atoms with van der Waals surface area (Å²) in [5.41, 5.74) is 2.76. The highest BCUT2D eigenvalue weighted by Gasteiger charge is 2.11. The molecule has 1 heterocycles. The summed E-state index contributed by atoms with van der Waals surface area (Å²) >= 11 is 0. The molecule has 2 rings (SSSR count). The van der Waals surface area contributed by atoms with Gasteiger partial charge < -0.3 is 9.73 Å². The normalized spacial score (nSPS) is 12.6. The minimum Gasteiger partial charge on any atom is -0.469 e. The lowest BCUT2D eigenvalue weighted by molar-refractivity contribution is 0.456. The second-order valence-electron chi connectivity index (χ2n) is 4.40. The van der Waals surface area contributed by atoms with Crippen LogP contribution in [0, 0.1) is 6.92 Å². The quantitative estimate of drug-likeness (QED) is 0.852. The van der Waals surface area contributed by atoms with Gasteiger partial charge in [-0.1, -0.05) is 24.3 Å². The molecular weight excluding hydrogens is 210 g/mol. The number of aryl methyl sites for hydroxylation is 1. The summed E-state index contributed by atoms with van der Waals surface area (Å²) in [6.07, 6.45) is 3.69. The lowest BCUT2D eigenvalue weighted by atomic mass is 9.99. The highest BCUT2D eigenvalue weighted by molar-refractivity contribution is 5.26. The van der Waals surface area contributed by atoms with Gasteiger partial charge in [-0.25, -0.2) is 0 Å². The number of likely N-dealkylation sites (N-methyl/N-ethyl adjacent to an activating group) is 1. The number of hydrogen-bond acceptors (Lipinski definition) is 2. The minimum absolute atomic E-state index is 0.419. The largest absolute Gasteiger partial charge is 0.469 e. The average molecular weight is 229 g/mol. The van der Waals surface area contributed by atoms with E-state index in [0.29, 0.717) is 6.04 Å². The molecule has 2 nitrogen and oxygen atoms in total. The first-order valence-corrected chi connectivity index (χ1v) is 6.03. The van der Waals surface area contributed by atoms with Crippen LogP contribution in [0.3, 0.4) is 0 Å². The molecule has 0 aliphatic carbocycles. The van der Waals surface area contributed by atoms with E-state index >= 15 is 0 Å². The molecule has 1 unspecified atom stereocenters. The molecule has 0 spiro atoms. The SMILES string of the molecule is CNC(Cc1ccco1)Cc1ccccc1C. The standard InChI is InChI=1S/C15H19NO/c1-12-6-3-4-7-13(12)10-14(16-2)11-15-8-5-9-17-15/h3-9,14,16H,10-11H2,1-2H3. The van der Waals surface area contributed by atoms with Crippen molar-refractivity contribution in [2.45, 2.75) is 25.8 Å². The second kappa shape index (κ2) is 5.69. The first kappa shape index (κ1) is 11.9. The number of rotatable bonds is 5. The molecule has 0 saturated carbocycles. The van der Waals surface area contributed by atoms with Crippen molar-refractivity contribution >= 4 is 0 Å². The van der Waals surface area contributed by atoms with Crippen LogP contribution >= 0.6 is 0 Å². The first-order chi connectivity index (χ1) is 8.29. The summed E-state index contributed by atoms with van der Waals surface area (Å²) < 4.78 is 5.39. The fourth-order valence-corrected chi connectivity index (χ4v) is 2.05. The lowest BCUT2D eigenvalue weighted by Gasteiger charge is -2.16. The maximum atomic E-state index is 5.39. The molecule has 0 amide bonds. The Hall–Kier alpha value is -1.54. The number of benzene rings is 1. The van der Waals surface area contributed by atoms with Crippen LogP contribution in [0.5, 0.6) is 0 Å². The predicted molar refractivity (Wildman–Crippen MR) is 70.1 cm³/mol. The molecule has 1 aromatic carbocycles. The van der Waals surface area contributed by atoms with Gasteiger partial charge >= 0.3 is 0 Å². The summed E-state index contributed by atoms with van der Waals surface area (Å²) in [4.78, 5) is 0. The molecule has 1 atom stereocenters. The minimum atomic E-state index is 0.419. The van der Waals surface area contributed by atoms with Crippen LogP contribution in [-0.4, -0.2) is 13.1 Å². The van der Waals surface area contributed by atoms with Crippen LogP contribution in [-0.2, 0) is 12.8 Å². The fraction of sp³-hybridized carbons (Fsp3) is 0.333. The maximum Gasteiger partial charge on any atom is 0.105 e. The van der Waals surface area contributed by atoms with Gasteiger partial charge in [0, 0.05) is 12.5 Å². The van der Waals surface area contributed by atoms with Gasteiger partial charge in [-0.3, -0.25) is 0 Å². The summed E-state index contributed by atoms with van der Waals surface area (Å²) in [6, 6.07) is 12.9. The summed E-state index contributed by atoms with van der Waals surface area (Å²) in [5, 5.41) is 3.36. The molecule has 0 aliphatic rings. The second-order valence-corrected chi connectivity index (χ2v) is 4.40. The maximum absolute atomic E-state index is 5.39. The third-order valence-corrected chi connectivity index (χ3v) is 3.16. The molecule has 17 heavy (non-hydrogen) atoms. The molecule has 0 bridgehead atoms. The van der Waals surface area contributed by atoms with E-state index in [1.54, 1.807) is 6.26 Å². The molecule has 0 radical (unpaired) electrons. The molecule has 1 N–H and O–H groups in total. The fourth-order valence-electron chi connectivity index (χ4n) is 2.05. The van der Waals surface area contributed by atoms with Gasteiger partial charge in [0.1, 0.15) is 5.76 Å². The molecule has 2 aromatic rings. The highest BCUT2D eigenvalue weighted by Crippen LogP contribution is 2.12. The number of furan rings is 1. The Morgan fingerprint density at radius 3 is 2.59 bits per heavy atom. The third kappa shape index (κ3) is 3.21. The van der Waals surface area contributed by atoms with Gasteiger partial charge in [-0.05, 0) is 43.7 Å². The van der Waals surface area contributed by atoms with Crippen LogP contribution in [0.15, 0.2) is 47.1 Å². The van der Waals surface area contributed by atoms with Crippen molar-refractivity contribution in [1.29, 1.82) is 0 Å². The van der Waals surface area contributed by atoms with Gasteiger partial charge in [0.2, 0.25) is 0 Å². The number of nitrogens with one attached hydrogen (secondary N) is 1. The Morgan fingerprint density at radius 2 is 1.94 bits per heavy atom. The Labute approximate surface area is 103 Å². The van der Waals surface area contributed by atoms with E-state index in [1.807, 2.05) is 19.2 Å².